The van der Waals surface area contributed by atoms with Gasteiger partial charge in [0.05, 0.1) is 0 Å². The van der Waals surface area contributed by atoms with Crippen molar-refractivity contribution >= 4 is 0 Å². The second kappa shape index (κ2) is 7.43. The topological polar surface area (TPSA) is 18.5 Å². The summed E-state index contributed by atoms with van der Waals surface area (Å²) < 4.78 is 0. The smallest absolute Gasteiger partial charge is 0.0274 e. The van der Waals surface area contributed by atoms with Crippen molar-refractivity contribution in [3.63, 3.8) is 0 Å². The van der Waals surface area contributed by atoms with E-state index < -0.39 is 0 Å². The zero-order chi connectivity index (χ0) is 15.5. The minimum Gasteiger partial charge on any atom is -0.312 e. The maximum absolute atomic E-state index is 3.89. The van der Waals surface area contributed by atoms with Crippen molar-refractivity contribution in [2.24, 2.45) is 5.41 Å². The average Bonchev–Trinajstić information content (AvgIpc) is 2.61. The van der Waals surface area contributed by atoms with Crippen LogP contribution in [0.4, 0.5) is 0 Å². The number of nitrogens with one attached hydrogen (secondary N) is 1. The fourth-order valence-electron chi connectivity index (χ4n) is 4.49. The Hall–Kier alpha value is -0.120. The maximum Gasteiger partial charge on any atom is 0.0274 e. The molecule has 21 heavy (non-hydrogen) atoms. The minimum atomic E-state index is 0.441. The van der Waals surface area contributed by atoms with E-state index in [1.807, 2.05) is 0 Å². The first-order valence-corrected chi connectivity index (χ1v) is 9.17. The Labute approximate surface area is 132 Å². The van der Waals surface area contributed by atoms with Crippen LogP contribution in [-0.2, 0) is 0 Å². The predicted octanol–water partition coefficient (Wildman–Crippen LogP) is 2.96. The van der Waals surface area contributed by atoms with E-state index in [4.69, 9.17) is 0 Å². The molecule has 1 N–H and O–H groups in total. The lowest BCUT2D eigenvalue weighted by molar-refractivity contribution is 0.0961. The highest BCUT2D eigenvalue weighted by Gasteiger charge is 2.45. The van der Waals surface area contributed by atoms with E-state index >= 15 is 0 Å². The van der Waals surface area contributed by atoms with Crippen LogP contribution in [-0.4, -0.2) is 61.2 Å². The standard InChI is InChI=1S/C18H37N3/c1-6-11-19-17-16(9-10-18(17,3)4)21-13-8-12-20(5)14-15(21)7-2/h15-17,19H,6-14H2,1-5H3. The van der Waals surface area contributed by atoms with Crippen LogP contribution in [0.3, 0.4) is 0 Å². The number of likely N-dealkylation sites (N-methyl/N-ethyl adjacent to an activating group) is 1. The van der Waals surface area contributed by atoms with Crippen LogP contribution in [0, 0.1) is 5.41 Å². The monoisotopic (exact) mass is 295 g/mol. The van der Waals surface area contributed by atoms with Gasteiger partial charge < -0.3 is 10.2 Å². The first-order valence-electron chi connectivity index (χ1n) is 9.17. The van der Waals surface area contributed by atoms with E-state index in [1.54, 1.807) is 0 Å². The SMILES string of the molecule is CCCNC1C(N2CCCN(C)CC2CC)CCC1(C)C. The Morgan fingerprint density at radius 2 is 1.95 bits per heavy atom. The second-order valence-electron chi connectivity index (χ2n) is 7.94. The molecule has 0 aromatic carbocycles. The number of nitrogens with zero attached hydrogens (tertiary/aromatic N) is 2. The minimum absolute atomic E-state index is 0.441. The molecule has 3 unspecified atom stereocenters. The molecule has 1 saturated carbocycles. The van der Waals surface area contributed by atoms with E-state index in [-0.39, 0.29) is 0 Å². The molecule has 0 spiro atoms. The van der Waals surface area contributed by atoms with Gasteiger partial charge in [-0.25, -0.2) is 0 Å². The molecule has 1 heterocycles. The van der Waals surface area contributed by atoms with Crippen molar-refractivity contribution in [2.75, 3.05) is 33.2 Å². The third-order valence-electron chi connectivity index (χ3n) is 5.77. The van der Waals surface area contributed by atoms with Gasteiger partial charge in [-0.05, 0) is 57.7 Å². The van der Waals surface area contributed by atoms with Crippen molar-refractivity contribution in [2.45, 2.75) is 77.9 Å². The van der Waals surface area contributed by atoms with E-state index in [0.717, 1.165) is 18.6 Å². The Morgan fingerprint density at radius 3 is 2.62 bits per heavy atom. The lowest BCUT2D eigenvalue weighted by Gasteiger charge is -2.41. The summed E-state index contributed by atoms with van der Waals surface area (Å²) in [7, 11) is 2.29. The van der Waals surface area contributed by atoms with Crippen LogP contribution < -0.4 is 5.32 Å². The van der Waals surface area contributed by atoms with Crippen LogP contribution in [0.15, 0.2) is 0 Å². The number of rotatable bonds is 5. The zero-order valence-corrected chi connectivity index (χ0v) is 15.0. The molecule has 1 aliphatic heterocycles. The van der Waals surface area contributed by atoms with Gasteiger partial charge in [-0.1, -0.05) is 27.7 Å². The van der Waals surface area contributed by atoms with E-state index in [2.05, 4.69) is 49.9 Å². The van der Waals surface area contributed by atoms with Gasteiger partial charge in [-0.2, -0.15) is 0 Å². The Bertz CT molecular complexity index is 316. The zero-order valence-electron chi connectivity index (χ0n) is 15.0. The predicted molar refractivity (Wildman–Crippen MR) is 91.8 cm³/mol. The summed E-state index contributed by atoms with van der Waals surface area (Å²) in [6.45, 7) is 14.5. The van der Waals surface area contributed by atoms with Crippen molar-refractivity contribution in [3.05, 3.63) is 0 Å². The van der Waals surface area contributed by atoms with Gasteiger partial charge in [-0.15, -0.1) is 0 Å². The summed E-state index contributed by atoms with van der Waals surface area (Å²) in [5, 5.41) is 3.89. The first-order chi connectivity index (χ1) is 9.99. The van der Waals surface area contributed by atoms with Crippen molar-refractivity contribution in [1.29, 1.82) is 0 Å². The highest BCUT2D eigenvalue weighted by Crippen LogP contribution is 2.41. The Balaban J connectivity index is 2.12. The van der Waals surface area contributed by atoms with Crippen molar-refractivity contribution in [3.8, 4) is 0 Å². The van der Waals surface area contributed by atoms with Crippen molar-refractivity contribution < 1.29 is 0 Å². The summed E-state index contributed by atoms with van der Waals surface area (Å²) in [4.78, 5) is 5.40. The summed E-state index contributed by atoms with van der Waals surface area (Å²) >= 11 is 0. The van der Waals surface area contributed by atoms with Crippen LogP contribution >= 0.6 is 0 Å². The van der Waals surface area contributed by atoms with E-state index in [1.165, 1.54) is 51.7 Å². The molecule has 1 aliphatic carbocycles. The molecule has 0 aromatic rings. The number of hydrogen-bond acceptors (Lipinski definition) is 3. The molecule has 3 atom stereocenters. The molecular weight excluding hydrogens is 258 g/mol. The molecule has 1 saturated heterocycles. The largest absolute Gasteiger partial charge is 0.312 e. The third-order valence-corrected chi connectivity index (χ3v) is 5.77. The lowest BCUT2D eigenvalue weighted by atomic mass is 9.86. The highest BCUT2D eigenvalue weighted by atomic mass is 15.3. The summed E-state index contributed by atoms with van der Waals surface area (Å²) in [6.07, 6.45) is 6.57. The molecule has 0 bridgehead atoms. The lowest BCUT2D eigenvalue weighted by Crippen LogP contribution is -2.55. The second-order valence-corrected chi connectivity index (χ2v) is 7.94. The van der Waals surface area contributed by atoms with Crippen LogP contribution in [0.1, 0.15) is 59.8 Å². The maximum atomic E-state index is 3.89. The van der Waals surface area contributed by atoms with E-state index in [0.29, 0.717) is 11.5 Å². The number of hydrogen-bond donors (Lipinski definition) is 1. The van der Waals surface area contributed by atoms with Gasteiger partial charge in [0.1, 0.15) is 0 Å². The summed E-state index contributed by atoms with van der Waals surface area (Å²) in [5.41, 5.74) is 0.441. The molecule has 0 amide bonds. The molecule has 124 valence electrons. The normalized spacial score (nSPS) is 35.0. The molecular formula is C18H37N3. The van der Waals surface area contributed by atoms with Crippen LogP contribution in [0.2, 0.25) is 0 Å². The Morgan fingerprint density at radius 1 is 1.19 bits per heavy atom. The van der Waals surface area contributed by atoms with Crippen LogP contribution in [0.5, 0.6) is 0 Å². The quantitative estimate of drug-likeness (QED) is 0.841. The van der Waals surface area contributed by atoms with Gasteiger partial charge in [0.25, 0.3) is 0 Å². The van der Waals surface area contributed by atoms with Gasteiger partial charge in [0, 0.05) is 31.2 Å². The fourth-order valence-corrected chi connectivity index (χ4v) is 4.49. The Kier molecular flexibility index (Phi) is 6.10. The van der Waals surface area contributed by atoms with Gasteiger partial charge >= 0.3 is 0 Å². The molecule has 0 aromatic heterocycles. The van der Waals surface area contributed by atoms with Gasteiger partial charge in [0.15, 0.2) is 0 Å². The van der Waals surface area contributed by atoms with Crippen LogP contribution in [0.25, 0.3) is 0 Å². The summed E-state index contributed by atoms with van der Waals surface area (Å²) in [5.74, 6) is 0. The van der Waals surface area contributed by atoms with Crippen molar-refractivity contribution in [1.82, 2.24) is 15.1 Å². The fraction of sp³-hybridized carbons (Fsp3) is 1.00. The van der Waals surface area contributed by atoms with E-state index in [9.17, 15) is 0 Å². The summed E-state index contributed by atoms with van der Waals surface area (Å²) in [6, 6.07) is 2.14. The third kappa shape index (κ3) is 4.00. The first kappa shape index (κ1) is 17.2. The molecule has 2 rings (SSSR count). The average molecular weight is 296 g/mol. The van der Waals surface area contributed by atoms with Gasteiger partial charge in [0.2, 0.25) is 0 Å². The molecule has 3 heteroatoms. The van der Waals surface area contributed by atoms with Gasteiger partial charge in [-0.3, -0.25) is 4.90 Å². The molecule has 0 radical (unpaired) electrons. The molecule has 2 fully saturated rings. The molecule has 2 aliphatic rings. The highest BCUT2D eigenvalue weighted by molar-refractivity contribution is 5.02. The molecule has 3 nitrogen and oxygen atoms in total.